The van der Waals surface area contributed by atoms with Crippen LogP contribution in [-0.4, -0.2) is 33.0 Å². The first-order valence-electron chi connectivity index (χ1n) is 4.34. The summed E-state index contributed by atoms with van der Waals surface area (Å²) in [5.74, 6) is -0.478. The Morgan fingerprint density at radius 2 is 1.94 bits per heavy atom. The number of pyridine rings is 1. The Labute approximate surface area is 139 Å². The van der Waals surface area contributed by atoms with Crippen molar-refractivity contribution in [1.82, 2.24) is 4.98 Å². The van der Waals surface area contributed by atoms with Crippen LogP contribution >= 0.6 is 0 Å². The van der Waals surface area contributed by atoms with Crippen LogP contribution in [0, 0.1) is 0 Å². The summed E-state index contributed by atoms with van der Waals surface area (Å²) in [4.78, 5) is 3.63. The predicted octanol–water partition coefficient (Wildman–Crippen LogP) is -1.87. The van der Waals surface area contributed by atoms with Crippen LogP contribution in [0.2, 0.25) is 0 Å². The van der Waals surface area contributed by atoms with Gasteiger partial charge in [0.15, 0.2) is 6.79 Å². The number of aromatic nitrogens is 1. The molecule has 0 unspecified atom stereocenters. The van der Waals surface area contributed by atoms with Crippen molar-refractivity contribution in [2.45, 2.75) is 0 Å². The summed E-state index contributed by atoms with van der Waals surface area (Å²) in [6.45, 7) is -5.45. The van der Waals surface area contributed by atoms with Gasteiger partial charge in [0.1, 0.15) is 5.75 Å². The van der Waals surface area contributed by atoms with E-state index in [4.69, 9.17) is 4.74 Å². The molecule has 1 aromatic heterocycles. The number of halogens is 3. The van der Waals surface area contributed by atoms with Crippen molar-refractivity contribution in [3.63, 3.8) is 0 Å². The van der Waals surface area contributed by atoms with Crippen molar-refractivity contribution in [2.75, 3.05) is 21.0 Å². The average Bonchev–Trinajstić information content (AvgIpc) is 2.25. The molecule has 0 aliphatic rings. The van der Waals surface area contributed by atoms with E-state index in [-0.39, 0.29) is 69.8 Å². The Hall–Kier alpha value is 0.201. The van der Waals surface area contributed by atoms with Crippen LogP contribution in [0.1, 0.15) is 0 Å². The van der Waals surface area contributed by atoms with E-state index in [1.54, 1.807) is 0 Å². The van der Waals surface area contributed by atoms with E-state index in [1.165, 1.54) is 14.2 Å². The average molecular weight is 275 g/mol. The number of hydrogen-bond acceptors (Lipinski definition) is 4. The Bertz CT molecular complexity index is 364. The Balaban J connectivity index is 0.00000256. The fraction of sp³-hybridized carbons (Fsp3) is 0.375. The summed E-state index contributed by atoms with van der Waals surface area (Å²) < 4.78 is 51.9. The molecule has 0 aromatic carbocycles. The van der Waals surface area contributed by atoms with Gasteiger partial charge in [0.2, 0.25) is 5.88 Å². The maximum Gasteiger partial charge on any atom is 1.00 e. The normalized spacial score (nSPS) is 10.6. The molecule has 0 atom stereocenters. The van der Waals surface area contributed by atoms with Crippen molar-refractivity contribution >= 4 is 12.4 Å². The second kappa shape index (κ2) is 7.60. The molecule has 0 saturated heterocycles. The molecule has 0 spiro atoms. The van der Waals surface area contributed by atoms with Crippen molar-refractivity contribution in [2.24, 2.45) is 0 Å². The van der Waals surface area contributed by atoms with E-state index in [2.05, 4.69) is 14.5 Å². The molecular weight excluding hydrogens is 265 g/mol. The first-order chi connectivity index (χ1) is 7.49. The zero-order chi connectivity index (χ0) is 12.2. The molecule has 1 aromatic rings. The van der Waals surface area contributed by atoms with Gasteiger partial charge in [-0.15, -0.1) is 0 Å². The smallest absolute Gasteiger partial charge is 0.481 e. The van der Waals surface area contributed by atoms with Gasteiger partial charge in [-0.05, 0) is 6.07 Å². The van der Waals surface area contributed by atoms with Crippen molar-refractivity contribution < 1.29 is 78.5 Å². The fourth-order valence-corrected chi connectivity index (χ4v) is 1.05. The molecular formula is C8H10BF3KNO3. The largest absolute Gasteiger partial charge is 1.00 e. The Kier molecular flexibility index (Phi) is 7.69. The SMILES string of the molecule is COCOc1cnc(OC)cc1[B-](F)(F)F.[K+]. The van der Waals surface area contributed by atoms with Crippen molar-refractivity contribution in [1.29, 1.82) is 0 Å². The second-order valence-corrected chi connectivity index (χ2v) is 2.89. The van der Waals surface area contributed by atoms with Crippen LogP contribution in [0.15, 0.2) is 12.3 Å². The quantitative estimate of drug-likeness (QED) is 0.466. The molecule has 0 fully saturated rings. The van der Waals surface area contributed by atoms with Crippen LogP contribution in [0.25, 0.3) is 0 Å². The van der Waals surface area contributed by atoms with E-state index in [9.17, 15) is 12.9 Å². The molecule has 0 aliphatic heterocycles. The second-order valence-electron chi connectivity index (χ2n) is 2.89. The van der Waals surface area contributed by atoms with Crippen LogP contribution < -0.4 is 66.3 Å². The summed E-state index contributed by atoms with van der Waals surface area (Å²) in [5, 5.41) is 0. The first kappa shape index (κ1) is 17.2. The minimum Gasteiger partial charge on any atom is -0.481 e. The fourth-order valence-electron chi connectivity index (χ4n) is 1.05. The number of hydrogen-bond donors (Lipinski definition) is 0. The summed E-state index contributed by atoms with van der Waals surface area (Å²) in [7, 11) is 2.56. The maximum absolute atomic E-state index is 12.7. The number of nitrogens with zero attached hydrogens (tertiary/aromatic N) is 1. The van der Waals surface area contributed by atoms with E-state index >= 15 is 0 Å². The molecule has 0 aliphatic carbocycles. The third-order valence-corrected chi connectivity index (χ3v) is 1.77. The van der Waals surface area contributed by atoms with Gasteiger partial charge in [-0.3, -0.25) is 0 Å². The molecule has 0 bridgehead atoms. The van der Waals surface area contributed by atoms with E-state index in [0.29, 0.717) is 0 Å². The van der Waals surface area contributed by atoms with Gasteiger partial charge >= 0.3 is 58.4 Å². The molecule has 90 valence electrons. The Morgan fingerprint density at radius 3 is 2.41 bits per heavy atom. The van der Waals surface area contributed by atoms with Crippen molar-refractivity contribution in [3.05, 3.63) is 12.3 Å². The summed E-state index contributed by atoms with van der Waals surface area (Å²) >= 11 is 0. The zero-order valence-corrected chi connectivity index (χ0v) is 12.9. The van der Waals surface area contributed by atoms with E-state index < -0.39 is 12.4 Å². The third kappa shape index (κ3) is 5.14. The molecule has 0 N–H and O–H groups in total. The van der Waals surface area contributed by atoms with Gasteiger partial charge in [0.25, 0.3) is 0 Å². The molecule has 0 saturated carbocycles. The molecule has 1 rings (SSSR count). The molecule has 4 nitrogen and oxygen atoms in total. The van der Waals surface area contributed by atoms with Gasteiger partial charge in [0.05, 0.1) is 13.3 Å². The molecule has 9 heteroatoms. The monoisotopic (exact) mass is 275 g/mol. The molecule has 0 radical (unpaired) electrons. The summed E-state index contributed by atoms with van der Waals surface area (Å²) in [6.07, 6.45) is 0.961. The van der Waals surface area contributed by atoms with Crippen LogP contribution in [0.5, 0.6) is 11.6 Å². The van der Waals surface area contributed by atoms with Crippen molar-refractivity contribution in [3.8, 4) is 11.6 Å². The summed E-state index contributed by atoms with van der Waals surface area (Å²) in [5.41, 5.74) is -0.885. The molecule has 1 heterocycles. The van der Waals surface area contributed by atoms with Crippen LogP contribution in [0.4, 0.5) is 12.9 Å². The van der Waals surface area contributed by atoms with Gasteiger partial charge in [-0.25, -0.2) is 4.98 Å². The number of ether oxygens (including phenoxy) is 3. The van der Waals surface area contributed by atoms with Gasteiger partial charge < -0.3 is 27.2 Å². The number of methoxy groups -OCH3 is 2. The first-order valence-corrected chi connectivity index (χ1v) is 4.34. The minimum absolute atomic E-state index is 0. The summed E-state index contributed by atoms with van der Waals surface area (Å²) in [6, 6.07) is 0.797. The third-order valence-electron chi connectivity index (χ3n) is 1.77. The van der Waals surface area contributed by atoms with Gasteiger partial charge in [0, 0.05) is 7.11 Å². The maximum atomic E-state index is 12.7. The minimum atomic E-state index is -5.18. The molecule has 0 amide bonds. The topological polar surface area (TPSA) is 40.6 Å². The van der Waals surface area contributed by atoms with Crippen LogP contribution in [-0.2, 0) is 4.74 Å². The standard InChI is InChI=1S/C8H10BF3NO3.K/c1-14-5-16-7-4-13-8(15-2)3-6(7)9(10,11)12;/h3-4H,5H2,1-2H3;/q-1;+1. The van der Waals surface area contributed by atoms with Crippen LogP contribution in [0.3, 0.4) is 0 Å². The van der Waals surface area contributed by atoms with E-state index in [1.807, 2.05) is 0 Å². The molecule has 17 heavy (non-hydrogen) atoms. The Morgan fingerprint density at radius 1 is 1.29 bits per heavy atom. The zero-order valence-electron chi connectivity index (χ0n) is 9.75. The van der Waals surface area contributed by atoms with Gasteiger partial charge in [-0.1, -0.05) is 5.46 Å². The predicted molar refractivity (Wildman–Crippen MR) is 52.0 cm³/mol. The van der Waals surface area contributed by atoms with E-state index in [0.717, 1.165) is 12.3 Å². The van der Waals surface area contributed by atoms with Gasteiger partial charge in [-0.2, -0.15) is 0 Å². The number of rotatable bonds is 5.